The maximum absolute atomic E-state index is 3.68. The predicted octanol–water partition coefficient (Wildman–Crippen LogP) is 4.59. The monoisotopic (exact) mass is 243 g/mol. The minimum atomic E-state index is 1.07. The summed E-state index contributed by atoms with van der Waals surface area (Å²) in [5.74, 6) is 0. The van der Waals surface area contributed by atoms with E-state index in [1.807, 2.05) is 23.9 Å². The van der Waals surface area contributed by atoms with Crippen molar-refractivity contribution in [2.45, 2.75) is 18.2 Å². The molecule has 1 heterocycles. The molecule has 0 saturated heterocycles. The molecule has 1 aromatic rings. The molecule has 0 aliphatic carbocycles. The zero-order chi connectivity index (χ0) is 12.1. The lowest BCUT2D eigenvalue weighted by Crippen LogP contribution is -2.18. The van der Waals surface area contributed by atoms with Crippen LogP contribution in [-0.2, 0) is 0 Å². The molecular weight excluding hydrogens is 226 g/mol. The first-order valence-electron chi connectivity index (χ1n) is 5.90. The van der Waals surface area contributed by atoms with Gasteiger partial charge in [0, 0.05) is 11.4 Å². The Balaban J connectivity index is 2.29. The molecule has 2 rings (SSSR count). The van der Waals surface area contributed by atoms with Crippen molar-refractivity contribution in [3.05, 3.63) is 60.2 Å². The maximum Gasteiger partial charge on any atom is 0.0801 e. The Bertz CT molecular complexity index is 460. The molecule has 0 bridgehead atoms. The summed E-state index contributed by atoms with van der Waals surface area (Å²) in [6.45, 7) is 6.96. The highest BCUT2D eigenvalue weighted by atomic mass is 32.2. The molecule has 88 valence electrons. The molecule has 17 heavy (non-hydrogen) atoms. The molecule has 0 unspecified atom stereocenters. The van der Waals surface area contributed by atoms with E-state index in [1.54, 1.807) is 6.08 Å². The van der Waals surface area contributed by atoms with E-state index < -0.39 is 0 Å². The van der Waals surface area contributed by atoms with Gasteiger partial charge in [0.1, 0.15) is 0 Å². The van der Waals surface area contributed by atoms with Crippen molar-refractivity contribution in [3.63, 3.8) is 0 Å². The SMILES string of the molecule is C=C/C=C/C=C1/Sc2ccccc2N1CCC. The Hall–Kier alpha value is -1.41. The Labute approximate surface area is 108 Å². The van der Waals surface area contributed by atoms with Crippen molar-refractivity contribution >= 4 is 17.4 Å². The molecule has 0 spiro atoms. The Morgan fingerprint density at radius 2 is 2.12 bits per heavy atom. The minimum absolute atomic E-state index is 1.07. The maximum atomic E-state index is 3.68. The van der Waals surface area contributed by atoms with Crippen LogP contribution in [0.25, 0.3) is 0 Å². The summed E-state index contributed by atoms with van der Waals surface area (Å²) in [7, 11) is 0. The molecule has 0 amide bonds. The highest BCUT2D eigenvalue weighted by Crippen LogP contribution is 2.45. The van der Waals surface area contributed by atoms with Crippen molar-refractivity contribution < 1.29 is 0 Å². The van der Waals surface area contributed by atoms with Crippen LogP contribution in [0.3, 0.4) is 0 Å². The summed E-state index contributed by atoms with van der Waals surface area (Å²) in [5.41, 5.74) is 1.33. The van der Waals surface area contributed by atoms with Crippen LogP contribution in [0.2, 0.25) is 0 Å². The minimum Gasteiger partial charge on any atom is -0.335 e. The number of allylic oxidation sites excluding steroid dienone is 4. The molecule has 2 heteroatoms. The van der Waals surface area contributed by atoms with Crippen molar-refractivity contribution in [1.82, 2.24) is 0 Å². The summed E-state index contributed by atoms with van der Waals surface area (Å²) in [4.78, 5) is 3.73. The standard InChI is InChI=1S/C15H17NS/c1-3-5-6-11-15-16(12-4-2)13-9-7-8-10-14(13)17-15/h3,5-11H,1,4,12H2,2H3/b6-5+,15-11+. The average molecular weight is 243 g/mol. The van der Waals surface area contributed by atoms with Gasteiger partial charge in [0.15, 0.2) is 0 Å². The van der Waals surface area contributed by atoms with E-state index in [4.69, 9.17) is 0 Å². The van der Waals surface area contributed by atoms with Gasteiger partial charge < -0.3 is 4.90 Å². The van der Waals surface area contributed by atoms with E-state index in [0.717, 1.165) is 13.0 Å². The smallest absolute Gasteiger partial charge is 0.0801 e. The quantitative estimate of drug-likeness (QED) is 0.711. The fourth-order valence-corrected chi connectivity index (χ4v) is 2.95. The predicted molar refractivity (Wildman–Crippen MR) is 77.4 cm³/mol. The van der Waals surface area contributed by atoms with Gasteiger partial charge in [-0.15, -0.1) is 0 Å². The molecule has 0 fully saturated rings. The molecule has 1 aliphatic heterocycles. The number of fused-ring (bicyclic) bond motifs is 1. The fourth-order valence-electron chi connectivity index (χ4n) is 1.85. The Morgan fingerprint density at radius 3 is 2.88 bits per heavy atom. The molecule has 1 aromatic carbocycles. The molecule has 0 saturated carbocycles. The number of thioether (sulfide) groups is 1. The van der Waals surface area contributed by atoms with Gasteiger partial charge in [-0.1, -0.05) is 55.6 Å². The van der Waals surface area contributed by atoms with Crippen LogP contribution < -0.4 is 4.90 Å². The van der Waals surface area contributed by atoms with Crippen LogP contribution in [0.15, 0.2) is 65.1 Å². The summed E-state index contributed by atoms with van der Waals surface area (Å²) >= 11 is 1.84. The van der Waals surface area contributed by atoms with Gasteiger partial charge in [-0.25, -0.2) is 0 Å². The van der Waals surface area contributed by atoms with Crippen LogP contribution in [0, 0.1) is 0 Å². The van der Waals surface area contributed by atoms with E-state index in [-0.39, 0.29) is 0 Å². The third kappa shape index (κ3) is 2.64. The van der Waals surface area contributed by atoms with Gasteiger partial charge in [-0.3, -0.25) is 0 Å². The number of anilines is 1. The van der Waals surface area contributed by atoms with Gasteiger partial charge >= 0.3 is 0 Å². The van der Waals surface area contributed by atoms with Crippen molar-refractivity contribution in [3.8, 4) is 0 Å². The van der Waals surface area contributed by atoms with Gasteiger partial charge in [0.25, 0.3) is 0 Å². The van der Waals surface area contributed by atoms with Gasteiger partial charge in [0.05, 0.1) is 10.7 Å². The molecule has 0 atom stereocenters. The lowest BCUT2D eigenvalue weighted by atomic mass is 10.3. The summed E-state index contributed by atoms with van der Waals surface area (Å²) in [5, 5.41) is 1.30. The number of rotatable bonds is 4. The van der Waals surface area contributed by atoms with Gasteiger partial charge in [0.2, 0.25) is 0 Å². The number of para-hydroxylation sites is 1. The largest absolute Gasteiger partial charge is 0.335 e. The van der Waals surface area contributed by atoms with Crippen LogP contribution >= 0.6 is 11.8 Å². The first kappa shape index (κ1) is 12.1. The van der Waals surface area contributed by atoms with Crippen LogP contribution in [0.1, 0.15) is 13.3 Å². The van der Waals surface area contributed by atoms with E-state index in [9.17, 15) is 0 Å². The van der Waals surface area contributed by atoms with Gasteiger partial charge in [-0.2, -0.15) is 0 Å². The van der Waals surface area contributed by atoms with E-state index in [1.165, 1.54) is 15.6 Å². The second kappa shape index (κ2) is 5.78. The number of hydrogen-bond donors (Lipinski definition) is 0. The van der Waals surface area contributed by atoms with Crippen molar-refractivity contribution in [2.24, 2.45) is 0 Å². The first-order valence-corrected chi connectivity index (χ1v) is 6.72. The highest BCUT2D eigenvalue weighted by molar-refractivity contribution is 8.03. The van der Waals surface area contributed by atoms with E-state index >= 15 is 0 Å². The summed E-state index contributed by atoms with van der Waals surface area (Å²) in [6, 6.07) is 8.57. The van der Waals surface area contributed by atoms with Gasteiger partial charge in [-0.05, 0) is 24.6 Å². The molecule has 1 nitrogen and oxygen atoms in total. The molecule has 1 aliphatic rings. The zero-order valence-electron chi connectivity index (χ0n) is 10.1. The first-order chi connectivity index (χ1) is 8.36. The summed E-state index contributed by atoms with van der Waals surface area (Å²) in [6.07, 6.45) is 9.11. The van der Waals surface area contributed by atoms with Crippen molar-refractivity contribution in [1.29, 1.82) is 0 Å². The number of hydrogen-bond acceptors (Lipinski definition) is 2. The van der Waals surface area contributed by atoms with E-state index in [0.29, 0.717) is 0 Å². The van der Waals surface area contributed by atoms with Crippen LogP contribution in [0.5, 0.6) is 0 Å². The lowest BCUT2D eigenvalue weighted by molar-refractivity contribution is 0.873. The molecule has 0 radical (unpaired) electrons. The second-order valence-corrected chi connectivity index (χ2v) is 4.91. The average Bonchev–Trinajstić information content (AvgIpc) is 2.69. The number of nitrogens with zero attached hydrogens (tertiary/aromatic N) is 1. The Morgan fingerprint density at radius 1 is 1.29 bits per heavy atom. The van der Waals surface area contributed by atoms with Crippen LogP contribution in [-0.4, -0.2) is 6.54 Å². The second-order valence-electron chi connectivity index (χ2n) is 3.85. The number of benzene rings is 1. The fraction of sp³-hybridized carbons (Fsp3) is 0.200. The highest BCUT2D eigenvalue weighted by Gasteiger charge is 2.22. The van der Waals surface area contributed by atoms with E-state index in [2.05, 4.69) is 48.7 Å². The van der Waals surface area contributed by atoms with Crippen molar-refractivity contribution in [2.75, 3.05) is 11.4 Å². The molecular formula is C15H17NS. The third-order valence-corrected chi connectivity index (χ3v) is 3.70. The van der Waals surface area contributed by atoms with Crippen LogP contribution in [0.4, 0.5) is 5.69 Å². The topological polar surface area (TPSA) is 3.24 Å². The Kier molecular flexibility index (Phi) is 4.10. The molecule has 0 N–H and O–H groups in total. The zero-order valence-corrected chi connectivity index (χ0v) is 10.9. The third-order valence-electron chi connectivity index (χ3n) is 2.57. The summed E-state index contributed by atoms with van der Waals surface area (Å²) < 4.78 is 0. The molecule has 0 aromatic heterocycles. The lowest BCUT2D eigenvalue weighted by Gasteiger charge is -2.19. The normalized spacial score (nSPS) is 16.8.